The van der Waals surface area contributed by atoms with Gasteiger partial charge in [-0.1, -0.05) is 13.8 Å². The lowest BCUT2D eigenvalue weighted by molar-refractivity contribution is -0.0277. The number of anilines is 2. The summed E-state index contributed by atoms with van der Waals surface area (Å²) in [6.45, 7) is 16.0. The lowest BCUT2D eigenvalue weighted by Crippen LogP contribution is -2.53. The Morgan fingerprint density at radius 1 is 0.644 bits per heavy atom. The summed E-state index contributed by atoms with van der Waals surface area (Å²) in [6, 6.07) is 7.35. The fraction of sp³-hybridized carbons (Fsp3) is 0.733. The first-order chi connectivity index (χ1) is 27.9. The van der Waals surface area contributed by atoms with E-state index in [1.54, 1.807) is 26.0 Å². The highest BCUT2D eigenvalue weighted by atomic mass is 32.2. The van der Waals surface area contributed by atoms with Gasteiger partial charge in [0, 0.05) is 75.6 Å². The first-order valence-electron chi connectivity index (χ1n) is 22.2. The minimum absolute atomic E-state index is 0.111. The highest BCUT2D eigenvalue weighted by Gasteiger charge is 2.38. The van der Waals surface area contributed by atoms with Gasteiger partial charge in [-0.2, -0.15) is 0 Å². The number of phenols is 2. The van der Waals surface area contributed by atoms with Crippen molar-refractivity contribution in [3.8, 4) is 11.5 Å². The SMILES string of the molecule is CCCOC1CCC(C)(N2CCC(Nc3cc(S(C)(=O)=O)c(C)cc3O)CC2)CC1.CCCOC1CCC(N2CCC(Nc3cc(S(C)(=O)=O)c(C)cc3O)CC2)CC1. The van der Waals surface area contributed by atoms with Crippen LogP contribution in [0.2, 0.25) is 0 Å². The van der Waals surface area contributed by atoms with Gasteiger partial charge < -0.3 is 35.2 Å². The Labute approximate surface area is 355 Å². The van der Waals surface area contributed by atoms with Crippen LogP contribution in [0.4, 0.5) is 11.4 Å². The second kappa shape index (κ2) is 21.0. The van der Waals surface area contributed by atoms with Crippen molar-refractivity contribution in [2.45, 2.75) is 170 Å². The number of aryl methyl sites for hydroxylation is 2. The summed E-state index contributed by atoms with van der Waals surface area (Å²) >= 11 is 0. The van der Waals surface area contributed by atoms with Crippen molar-refractivity contribution in [3.63, 3.8) is 0 Å². The molecule has 2 aliphatic heterocycles. The maximum atomic E-state index is 12.0. The molecule has 0 bridgehead atoms. The van der Waals surface area contributed by atoms with E-state index in [2.05, 4.69) is 41.2 Å². The maximum absolute atomic E-state index is 12.0. The van der Waals surface area contributed by atoms with E-state index in [1.165, 1.54) is 50.3 Å². The number of piperidine rings is 2. The second-order valence-corrected chi connectivity index (χ2v) is 22.0. The number of sulfone groups is 2. The number of benzene rings is 2. The number of rotatable bonds is 14. The van der Waals surface area contributed by atoms with Gasteiger partial charge in [-0.3, -0.25) is 4.90 Å². The van der Waals surface area contributed by atoms with E-state index in [0.29, 0.717) is 40.8 Å². The van der Waals surface area contributed by atoms with E-state index in [-0.39, 0.29) is 38.9 Å². The van der Waals surface area contributed by atoms with E-state index < -0.39 is 19.7 Å². The molecule has 0 atom stereocenters. The van der Waals surface area contributed by atoms with Gasteiger partial charge in [0.25, 0.3) is 0 Å². The molecule has 6 rings (SSSR count). The molecule has 4 N–H and O–H groups in total. The molecule has 2 heterocycles. The van der Waals surface area contributed by atoms with Gasteiger partial charge in [0.05, 0.1) is 33.4 Å². The molecule has 2 saturated heterocycles. The van der Waals surface area contributed by atoms with Gasteiger partial charge in [0.1, 0.15) is 11.5 Å². The maximum Gasteiger partial charge on any atom is 0.175 e. The highest BCUT2D eigenvalue weighted by molar-refractivity contribution is 7.91. The van der Waals surface area contributed by atoms with Gasteiger partial charge in [-0.25, -0.2) is 16.8 Å². The minimum Gasteiger partial charge on any atom is -0.506 e. The molecule has 334 valence electrons. The number of nitrogens with one attached hydrogen (secondary N) is 2. The zero-order chi connectivity index (χ0) is 43.0. The van der Waals surface area contributed by atoms with E-state index in [9.17, 15) is 27.0 Å². The number of aromatic hydroxyl groups is 2. The Kier molecular flexibility index (Phi) is 16.9. The topological polar surface area (TPSA) is 158 Å². The van der Waals surface area contributed by atoms with Gasteiger partial charge >= 0.3 is 0 Å². The predicted molar refractivity (Wildman–Crippen MR) is 238 cm³/mol. The van der Waals surface area contributed by atoms with Crippen LogP contribution in [-0.4, -0.2) is 125 Å². The zero-order valence-electron chi connectivity index (χ0n) is 36.9. The second-order valence-electron chi connectivity index (χ2n) is 18.0. The monoisotopic (exact) mass is 862 g/mol. The van der Waals surface area contributed by atoms with Gasteiger partial charge in [0.2, 0.25) is 0 Å². The van der Waals surface area contributed by atoms with Crippen LogP contribution in [0.15, 0.2) is 34.1 Å². The Morgan fingerprint density at radius 2 is 1.05 bits per heavy atom. The number of phenolic OH excluding ortho intramolecular Hbond substituents is 2. The lowest BCUT2D eigenvalue weighted by Gasteiger charge is -2.48. The molecule has 59 heavy (non-hydrogen) atoms. The quantitative estimate of drug-likeness (QED) is 0.137. The Bertz CT molecular complexity index is 1880. The first kappa shape index (κ1) is 47.4. The number of ether oxygens (including phenoxy) is 2. The summed E-state index contributed by atoms with van der Waals surface area (Å²) in [5.41, 5.74) is 2.42. The van der Waals surface area contributed by atoms with Crippen LogP contribution in [-0.2, 0) is 29.1 Å². The minimum atomic E-state index is -3.33. The first-order valence-corrected chi connectivity index (χ1v) is 26.0. The molecule has 2 saturated carbocycles. The van der Waals surface area contributed by atoms with Crippen LogP contribution in [0.5, 0.6) is 11.5 Å². The van der Waals surface area contributed by atoms with Crippen molar-refractivity contribution in [2.75, 3.05) is 62.5 Å². The molecular weight excluding hydrogens is 789 g/mol. The van der Waals surface area contributed by atoms with Gasteiger partial charge in [-0.05, 0) is 146 Å². The van der Waals surface area contributed by atoms with E-state index in [0.717, 1.165) is 104 Å². The number of nitrogens with zero attached hydrogens (tertiary/aromatic N) is 2. The Balaban J connectivity index is 0.000000224. The van der Waals surface area contributed by atoms with E-state index in [4.69, 9.17) is 9.47 Å². The molecule has 0 amide bonds. The third kappa shape index (κ3) is 13.2. The van der Waals surface area contributed by atoms with E-state index >= 15 is 0 Å². The predicted octanol–water partition coefficient (Wildman–Crippen LogP) is 7.83. The van der Waals surface area contributed by atoms with Crippen LogP contribution < -0.4 is 10.6 Å². The molecule has 0 spiro atoms. The molecule has 0 unspecified atom stereocenters. The molecule has 4 fully saturated rings. The number of hydrogen-bond acceptors (Lipinski definition) is 12. The lowest BCUT2D eigenvalue weighted by atomic mass is 9.79. The Morgan fingerprint density at radius 3 is 1.46 bits per heavy atom. The average Bonchev–Trinajstić information content (AvgIpc) is 3.19. The standard InChI is InChI=1S/C23H38N2O4S.C22H36N2O4S/c1-5-14-29-19-6-10-23(3,11-7-19)25-12-8-18(9-13-25)24-20-16-22(30(4,27)28)17(2)15-21(20)26;1-4-13-28-19-7-5-18(6-8-19)24-11-9-17(10-12-24)23-20-15-22(29(3,26)27)16(2)14-21(20)25/h15-16,18-19,24,26H,5-14H2,1-4H3;14-15,17-19,23,25H,4-13H2,1-3H3. The molecule has 2 aromatic carbocycles. The summed E-state index contributed by atoms with van der Waals surface area (Å²) in [5.74, 6) is 0.224. The summed E-state index contributed by atoms with van der Waals surface area (Å²) in [7, 11) is -6.64. The fourth-order valence-electron chi connectivity index (χ4n) is 9.63. The average molecular weight is 863 g/mol. The molecule has 2 aromatic rings. The van der Waals surface area contributed by atoms with Crippen molar-refractivity contribution in [1.29, 1.82) is 0 Å². The van der Waals surface area contributed by atoms with Gasteiger partial charge in [0.15, 0.2) is 19.7 Å². The van der Waals surface area contributed by atoms with E-state index in [1.807, 2.05) is 0 Å². The van der Waals surface area contributed by atoms with Crippen molar-refractivity contribution in [3.05, 3.63) is 35.4 Å². The van der Waals surface area contributed by atoms with Crippen molar-refractivity contribution in [2.24, 2.45) is 0 Å². The van der Waals surface area contributed by atoms with Crippen molar-refractivity contribution in [1.82, 2.24) is 9.80 Å². The summed E-state index contributed by atoms with van der Waals surface area (Å²) in [5, 5.41) is 27.4. The van der Waals surface area contributed by atoms with Crippen LogP contribution in [0, 0.1) is 13.8 Å². The summed E-state index contributed by atoms with van der Waals surface area (Å²) in [6.07, 6.45) is 18.8. The summed E-state index contributed by atoms with van der Waals surface area (Å²) < 4.78 is 59.9. The van der Waals surface area contributed by atoms with Crippen LogP contribution >= 0.6 is 0 Å². The number of likely N-dealkylation sites (tertiary alicyclic amines) is 2. The molecular formula is C45H74N4O8S2. The smallest absolute Gasteiger partial charge is 0.175 e. The molecule has 14 heteroatoms. The van der Waals surface area contributed by atoms with Crippen LogP contribution in [0.3, 0.4) is 0 Å². The number of hydrogen-bond donors (Lipinski definition) is 4. The third-order valence-electron chi connectivity index (χ3n) is 13.2. The zero-order valence-corrected chi connectivity index (χ0v) is 38.5. The molecule has 0 aromatic heterocycles. The molecule has 4 aliphatic rings. The molecule has 0 radical (unpaired) electrons. The van der Waals surface area contributed by atoms with Crippen molar-refractivity contribution >= 4 is 31.0 Å². The largest absolute Gasteiger partial charge is 0.506 e. The van der Waals surface area contributed by atoms with Crippen molar-refractivity contribution < 1.29 is 36.5 Å². The molecule has 2 aliphatic carbocycles. The normalized spacial score (nSPS) is 25.6. The highest BCUT2D eigenvalue weighted by Crippen LogP contribution is 2.38. The molecule has 12 nitrogen and oxygen atoms in total. The van der Waals surface area contributed by atoms with Crippen LogP contribution in [0.1, 0.15) is 122 Å². The third-order valence-corrected chi connectivity index (χ3v) is 15.7. The fourth-order valence-corrected chi connectivity index (χ4v) is 11.6. The summed E-state index contributed by atoms with van der Waals surface area (Å²) in [4.78, 5) is 5.77. The van der Waals surface area contributed by atoms with Crippen LogP contribution in [0.25, 0.3) is 0 Å². The van der Waals surface area contributed by atoms with Gasteiger partial charge in [-0.15, -0.1) is 0 Å². The Hall–Kier alpha value is -2.62.